The molecular weight excluding hydrogens is 351 g/mol. The lowest BCUT2D eigenvalue weighted by atomic mass is 10.2. The summed E-state index contributed by atoms with van der Waals surface area (Å²) in [6.07, 6.45) is 1.87. The van der Waals surface area contributed by atoms with Gasteiger partial charge < -0.3 is 10.3 Å². The maximum absolute atomic E-state index is 12.3. The molecule has 0 radical (unpaired) electrons. The average Bonchev–Trinajstić information content (AvgIpc) is 2.88. The van der Waals surface area contributed by atoms with Crippen molar-refractivity contribution in [2.45, 2.75) is 0 Å². The van der Waals surface area contributed by atoms with E-state index in [2.05, 4.69) is 32.9 Å². The maximum atomic E-state index is 12.3. The van der Waals surface area contributed by atoms with E-state index in [4.69, 9.17) is 0 Å². The van der Waals surface area contributed by atoms with E-state index in [0.29, 0.717) is 5.56 Å². The van der Waals surface area contributed by atoms with Crippen LogP contribution in [0.5, 0.6) is 0 Å². The minimum atomic E-state index is -0.0845. The molecule has 19 heavy (non-hydrogen) atoms. The van der Waals surface area contributed by atoms with Gasteiger partial charge in [-0.2, -0.15) is 0 Å². The van der Waals surface area contributed by atoms with Crippen molar-refractivity contribution in [2.24, 2.45) is 0 Å². The van der Waals surface area contributed by atoms with E-state index in [0.717, 1.165) is 20.2 Å². The Bertz CT molecular complexity index is 748. The topological polar surface area (TPSA) is 44.9 Å². The number of carbonyl (C=O) groups is 1. The van der Waals surface area contributed by atoms with Crippen LogP contribution in [0.1, 0.15) is 10.4 Å². The third kappa shape index (κ3) is 2.35. The van der Waals surface area contributed by atoms with E-state index >= 15 is 0 Å². The van der Waals surface area contributed by atoms with Crippen molar-refractivity contribution < 1.29 is 4.79 Å². The van der Waals surface area contributed by atoms with Gasteiger partial charge in [0.05, 0.1) is 11.3 Å². The van der Waals surface area contributed by atoms with Gasteiger partial charge in [0.25, 0.3) is 5.91 Å². The lowest BCUT2D eigenvalue weighted by Gasteiger charge is -2.08. The molecular formula is C15H11IN2O. The Morgan fingerprint density at radius 2 is 1.89 bits per heavy atom. The first-order valence-electron chi connectivity index (χ1n) is 5.88. The number of amides is 1. The third-order valence-corrected chi connectivity index (χ3v) is 3.90. The van der Waals surface area contributed by atoms with E-state index in [9.17, 15) is 4.79 Å². The predicted molar refractivity (Wildman–Crippen MR) is 85.4 cm³/mol. The average molecular weight is 362 g/mol. The standard InChI is InChI=1S/C15H11IN2O/c16-12-5-2-1-4-10(12)15(19)18-14-7-3-6-13-11(14)8-9-17-13/h1-9,17H,(H,18,19). The fourth-order valence-corrected chi connectivity index (χ4v) is 2.66. The van der Waals surface area contributed by atoms with Crippen LogP contribution >= 0.6 is 22.6 Å². The number of halogens is 1. The zero-order chi connectivity index (χ0) is 13.2. The molecule has 3 aromatic rings. The van der Waals surface area contributed by atoms with Gasteiger partial charge in [-0.05, 0) is 52.9 Å². The molecule has 0 saturated carbocycles. The van der Waals surface area contributed by atoms with Crippen LogP contribution in [0, 0.1) is 3.57 Å². The summed E-state index contributed by atoms with van der Waals surface area (Å²) in [7, 11) is 0. The number of aromatic amines is 1. The number of H-pyrrole nitrogens is 1. The molecule has 1 amide bonds. The molecule has 0 aliphatic carbocycles. The van der Waals surface area contributed by atoms with Crippen LogP contribution in [0.25, 0.3) is 10.9 Å². The predicted octanol–water partition coefficient (Wildman–Crippen LogP) is 4.02. The third-order valence-electron chi connectivity index (χ3n) is 2.96. The molecule has 0 saturated heterocycles. The van der Waals surface area contributed by atoms with Crippen LogP contribution in [0.15, 0.2) is 54.7 Å². The van der Waals surface area contributed by atoms with Gasteiger partial charge in [-0.1, -0.05) is 18.2 Å². The Morgan fingerprint density at radius 3 is 2.74 bits per heavy atom. The zero-order valence-corrected chi connectivity index (χ0v) is 12.1. The Kier molecular flexibility index (Phi) is 3.25. The molecule has 0 atom stereocenters. The summed E-state index contributed by atoms with van der Waals surface area (Å²) in [4.78, 5) is 15.4. The van der Waals surface area contributed by atoms with E-state index in [1.54, 1.807) is 0 Å². The van der Waals surface area contributed by atoms with Gasteiger partial charge in [0.1, 0.15) is 0 Å². The van der Waals surface area contributed by atoms with E-state index < -0.39 is 0 Å². The molecule has 0 unspecified atom stereocenters. The second-order valence-corrected chi connectivity index (χ2v) is 5.34. The highest BCUT2D eigenvalue weighted by atomic mass is 127. The van der Waals surface area contributed by atoms with Gasteiger partial charge in [-0.3, -0.25) is 4.79 Å². The molecule has 94 valence electrons. The summed E-state index contributed by atoms with van der Waals surface area (Å²) in [5, 5.41) is 3.98. The van der Waals surface area contributed by atoms with Crippen LogP contribution in [-0.4, -0.2) is 10.9 Å². The van der Waals surface area contributed by atoms with Crippen molar-refractivity contribution in [3.05, 3.63) is 63.9 Å². The monoisotopic (exact) mass is 362 g/mol. The number of hydrogen-bond acceptors (Lipinski definition) is 1. The zero-order valence-electron chi connectivity index (χ0n) is 9.98. The van der Waals surface area contributed by atoms with Crippen molar-refractivity contribution in [3.8, 4) is 0 Å². The lowest BCUT2D eigenvalue weighted by molar-refractivity contribution is 0.102. The van der Waals surface area contributed by atoms with Crippen LogP contribution in [0.2, 0.25) is 0 Å². The van der Waals surface area contributed by atoms with Gasteiger partial charge in [0.2, 0.25) is 0 Å². The van der Waals surface area contributed by atoms with Crippen LogP contribution in [-0.2, 0) is 0 Å². The lowest BCUT2D eigenvalue weighted by Crippen LogP contribution is -2.13. The summed E-state index contributed by atoms with van der Waals surface area (Å²) >= 11 is 2.17. The van der Waals surface area contributed by atoms with Crippen LogP contribution < -0.4 is 5.32 Å². The first-order valence-corrected chi connectivity index (χ1v) is 6.95. The maximum Gasteiger partial charge on any atom is 0.256 e. The molecule has 0 aliphatic heterocycles. The minimum Gasteiger partial charge on any atom is -0.361 e. The quantitative estimate of drug-likeness (QED) is 0.665. The number of fused-ring (bicyclic) bond motifs is 1. The first-order chi connectivity index (χ1) is 9.25. The van der Waals surface area contributed by atoms with Crippen molar-refractivity contribution in [3.63, 3.8) is 0 Å². The van der Waals surface area contributed by atoms with E-state index in [1.807, 2.05) is 54.7 Å². The van der Waals surface area contributed by atoms with E-state index in [1.165, 1.54) is 0 Å². The number of benzene rings is 2. The molecule has 0 fully saturated rings. The molecule has 1 heterocycles. The molecule has 3 nitrogen and oxygen atoms in total. The molecule has 1 aromatic heterocycles. The molecule has 0 bridgehead atoms. The molecule has 2 aromatic carbocycles. The summed E-state index contributed by atoms with van der Waals surface area (Å²) in [6, 6.07) is 15.3. The fraction of sp³-hybridized carbons (Fsp3) is 0. The van der Waals surface area contributed by atoms with Gasteiger partial charge in [-0.15, -0.1) is 0 Å². The van der Waals surface area contributed by atoms with Crippen molar-refractivity contribution >= 4 is 45.1 Å². The Morgan fingerprint density at radius 1 is 1.05 bits per heavy atom. The highest BCUT2D eigenvalue weighted by Gasteiger charge is 2.11. The Balaban J connectivity index is 1.95. The first kappa shape index (κ1) is 12.2. The highest BCUT2D eigenvalue weighted by molar-refractivity contribution is 14.1. The molecule has 0 aliphatic rings. The highest BCUT2D eigenvalue weighted by Crippen LogP contribution is 2.23. The van der Waals surface area contributed by atoms with Gasteiger partial charge in [0, 0.05) is 20.7 Å². The number of carbonyl (C=O) groups excluding carboxylic acids is 1. The largest absolute Gasteiger partial charge is 0.361 e. The summed E-state index contributed by atoms with van der Waals surface area (Å²) < 4.78 is 0.943. The molecule has 4 heteroatoms. The van der Waals surface area contributed by atoms with Crippen molar-refractivity contribution in [2.75, 3.05) is 5.32 Å². The number of nitrogens with one attached hydrogen (secondary N) is 2. The smallest absolute Gasteiger partial charge is 0.256 e. The Hall–Kier alpha value is -1.82. The fourth-order valence-electron chi connectivity index (χ4n) is 2.03. The summed E-state index contributed by atoms with van der Waals surface area (Å²) in [6.45, 7) is 0. The molecule has 0 spiro atoms. The van der Waals surface area contributed by atoms with Crippen LogP contribution in [0.3, 0.4) is 0 Å². The summed E-state index contributed by atoms with van der Waals surface area (Å²) in [5.41, 5.74) is 2.53. The number of aromatic nitrogens is 1. The van der Waals surface area contributed by atoms with Gasteiger partial charge in [0.15, 0.2) is 0 Å². The SMILES string of the molecule is O=C(Nc1cccc2[nH]ccc12)c1ccccc1I. The molecule has 2 N–H and O–H groups in total. The van der Waals surface area contributed by atoms with Crippen molar-refractivity contribution in [1.82, 2.24) is 4.98 Å². The number of hydrogen-bond donors (Lipinski definition) is 2. The normalized spacial score (nSPS) is 10.6. The Labute approximate surface area is 124 Å². The number of rotatable bonds is 2. The van der Waals surface area contributed by atoms with Gasteiger partial charge in [-0.25, -0.2) is 0 Å². The summed E-state index contributed by atoms with van der Waals surface area (Å²) in [5.74, 6) is -0.0845. The van der Waals surface area contributed by atoms with Gasteiger partial charge >= 0.3 is 0 Å². The van der Waals surface area contributed by atoms with E-state index in [-0.39, 0.29) is 5.91 Å². The second kappa shape index (κ2) is 5.05. The second-order valence-electron chi connectivity index (χ2n) is 4.18. The van der Waals surface area contributed by atoms with Crippen molar-refractivity contribution in [1.29, 1.82) is 0 Å². The van der Waals surface area contributed by atoms with Crippen LogP contribution in [0.4, 0.5) is 5.69 Å². The molecule has 3 rings (SSSR count). The number of anilines is 1. The minimum absolute atomic E-state index is 0.0845.